The van der Waals surface area contributed by atoms with E-state index >= 15 is 0 Å². The zero-order chi connectivity index (χ0) is 23.5. The molecule has 0 spiro atoms. The number of rotatable bonds is 7. The Bertz CT molecular complexity index is 1320. The number of aliphatic hydroxyl groups is 1. The van der Waals surface area contributed by atoms with E-state index in [1.165, 1.54) is 0 Å². The molecule has 34 heavy (non-hydrogen) atoms. The molecule has 1 aliphatic rings. The smallest absolute Gasteiger partial charge is 0.263 e. The van der Waals surface area contributed by atoms with E-state index in [2.05, 4.69) is 36.1 Å². The number of aliphatic hydroxyl groups excluding tert-OH is 1. The third-order valence-electron chi connectivity index (χ3n) is 5.50. The number of amides is 1. The lowest BCUT2D eigenvalue weighted by Gasteiger charge is -2.20. The Morgan fingerprint density at radius 3 is 2.76 bits per heavy atom. The van der Waals surface area contributed by atoms with Gasteiger partial charge in [0.05, 0.1) is 12.6 Å². The van der Waals surface area contributed by atoms with E-state index < -0.39 is 6.04 Å². The molecule has 5 rings (SSSR count). The van der Waals surface area contributed by atoms with Gasteiger partial charge < -0.3 is 25.6 Å². The molecule has 172 valence electrons. The number of nitrogens with one attached hydrogen (secondary N) is 3. The molecule has 1 aliphatic heterocycles. The van der Waals surface area contributed by atoms with Gasteiger partial charge in [-0.2, -0.15) is 9.97 Å². The molecule has 0 bridgehead atoms. The lowest BCUT2D eigenvalue weighted by molar-refractivity contribution is -0.116. The summed E-state index contributed by atoms with van der Waals surface area (Å²) in [5.41, 5.74) is 4.09. The van der Waals surface area contributed by atoms with Crippen molar-refractivity contribution in [2.24, 2.45) is 0 Å². The quantitative estimate of drug-likeness (QED) is 0.328. The summed E-state index contributed by atoms with van der Waals surface area (Å²) < 4.78 is 5.34. The molecule has 2 aromatic carbocycles. The van der Waals surface area contributed by atoms with E-state index in [0.717, 1.165) is 22.5 Å². The minimum absolute atomic E-state index is 0.0240. The molecule has 4 aromatic rings. The number of hydrogen-bond acceptors (Lipinski definition) is 9. The summed E-state index contributed by atoms with van der Waals surface area (Å²) in [7, 11) is 0. The molecule has 10 heteroatoms. The monoisotopic (exact) mass is 457 g/mol. The van der Waals surface area contributed by atoms with Gasteiger partial charge in [0.2, 0.25) is 11.9 Å². The molecule has 0 fully saturated rings. The fourth-order valence-electron chi connectivity index (χ4n) is 3.79. The van der Waals surface area contributed by atoms with Crippen LogP contribution in [0.15, 0.2) is 59.3 Å². The summed E-state index contributed by atoms with van der Waals surface area (Å²) in [6.07, 6.45) is 2.74. The van der Waals surface area contributed by atoms with Crippen LogP contribution in [0.3, 0.4) is 0 Å². The van der Waals surface area contributed by atoms with Crippen LogP contribution in [0.2, 0.25) is 0 Å². The van der Waals surface area contributed by atoms with Crippen molar-refractivity contribution in [3.05, 3.63) is 71.7 Å². The van der Waals surface area contributed by atoms with E-state index in [9.17, 15) is 9.90 Å². The number of benzene rings is 2. The van der Waals surface area contributed by atoms with Crippen LogP contribution < -0.4 is 16.0 Å². The average Bonchev–Trinajstić information content (AvgIpc) is 3.29. The first-order chi connectivity index (χ1) is 16.6. The van der Waals surface area contributed by atoms with E-state index in [1.54, 1.807) is 13.1 Å². The van der Waals surface area contributed by atoms with Crippen molar-refractivity contribution in [1.29, 1.82) is 0 Å². The summed E-state index contributed by atoms with van der Waals surface area (Å²) >= 11 is 0. The minimum Gasteiger partial charge on any atom is -0.394 e. The van der Waals surface area contributed by atoms with Crippen LogP contribution in [0.1, 0.15) is 29.4 Å². The van der Waals surface area contributed by atoms with Gasteiger partial charge in [0.1, 0.15) is 11.4 Å². The van der Waals surface area contributed by atoms with Gasteiger partial charge in [-0.25, -0.2) is 4.98 Å². The molecular formula is C24H23N7O3. The van der Waals surface area contributed by atoms with Crippen molar-refractivity contribution in [3.8, 4) is 11.5 Å². The zero-order valence-electron chi connectivity index (χ0n) is 18.4. The number of aryl methyl sites for hydroxylation is 2. The molecular weight excluding hydrogens is 434 g/mol. The fraction of sp³-hybridized carbons (Fsp3) is 0.208. The van der Waals surface area contributed by atoms with Gasteiger partial charge >= 0.3 is 0 Å². The van der Waals surface area contributed by atoms with Gasteiger partial charge in [-0.15, -0.1) is 0 Å². The number of fused-ring (bicyclic) bond motifs is 1. The maximum atomic E-state index is 11.6. The Hall–Kier alpha value is -4.31. The Morgan fingerprint density at radius 2 is 2.00 bits per heavy atom. The molecule has 10 nitrogen and oxygen atoms in total. The van der Waals surface area contributed by atoms with E-state index in [4.69, 9.17) is 4.52 Å². The van der Waals surface area contributed by atoms with E-state index in [0.29, 0.717) is 36.0 Å². The molecule has 3 heterocycles. The predicted molar refractivity (Wildman–Crippen MR) is 127 cm³/mol. The molecule has 0 saturated heterocycles. The highest BCUT2D eigenvalue weighted by atomic mass is 16.5. The molecule has 1 amide bonds. The van der Waals surface area contributed by atoms with Gasteiger partial charge in [-0.3, -0.25) is 4.79 Å². The zero-order valence-corrected chi connectivity index (χ0v) is 18.4. The molecule has 0 saturated carbocycles. The van der Waals surface area contributed by atoms with Crippen molar-refractivity contribution >= 4 is 29.0 Å². The first-order valence-electron chi connectivity index (χ1n) is 10.9. The van der Waals surface area contributed by atoms with Crippen LogP contribution in [0.4, 0.5) is 23.1 Å². The summed E-state index contributed by atoms with van der Waals surface area (Å²) in [6.45, 7) is 1.59. The van der Waals surface area contributed by atoms with Crippen LogP contribution >= 0.6 is 0 Å². The maximum absolute atomic E-state index is 11.6. The minimum atomic E-state index is -0.404. The van der Waals surface area contributed by atoms with Crippen LogP contribution in [0, 0.1) is 6.92 Å². The summed E-state index contributed by atoms with van der Waals surface area (Å²) in [4.78, 5) is 25.0. The second kappa shape index (κ2) is 9.28. The third-order valence-corrected chi connectivity index (χ3v) is 5.50. The van der Waals surface area contributed by atoms with Gasteiger partial charge in [-0.05, 0) is 42.7 Å². The van der Waals surface area contributed by atoms with Gasteiger partial charge in [-0.1, -0.05) is 35.5 Å². The molecule has 0 unspecified atom stereocenters. The Morgan fingerprint density at radius 1 is 1.15 bits per heavy atom. The third kappa shape index (κ3) is 4.57. The van der Waals surface area contributed by atoms with Crippen molar-refractivity contribution in [3.63, 3.8) is 0 Å². The number of hydrogen-bond donors (Lipinski definition) is 4. The number of carbonyl (C=O) groups is 1. The number of nitrogens with zero attached hydrogens (tertiary/aromatic N) is 4. The van der Waals surface area contributed by atoms with Gasteiger partial charge in [0, 0.05) is 24.0 Å². The lowest BCUT2D eigenvalue weighted by atomic mass is 10.0. The summed E-state index contributed by atoms with van der Waals surface area (Å²) in [5, 5.41) is 23.3. The molecule has 0 radical (unpaired) electrons. The number of aromatic nitrogens is 4. The number of carbonyl (C=O) groups excluding carboxylic acids is 1. The molecule has 4 N–H and O–H groups in total. The highest BCUT2D eigenvalue weighted by Crippen LogP contribution is 2.31. The summed E-state index contributed by atoms with van der Waals surface area (Å²) in [5.74, 6) is 1.59. The largest absolute Gasteiger partial charge is 0.394 e. The van der Waals surface area contributed by atoms with Crippen LogP contribution in [0.5, 0.6) is 0 Å². The predicted octanol–water partition coefficient (Wildman–Crippen LogP) is 3.61. The average molecular weight is 457 g/mol. The Kier molecular flexibility index (Phi) is 5.88. The van der Waals surface area contributed by atoms with E-state index in [1.807, 2.05) is 48.5 Å². The molecule has 2 aromatic heterocycles. The van der Waals surface area contributed by atoms with Crippen molar-refractivity contribution < 1.29 is 14.4 Å². The topological polar surface area (TPSA) is 138 Å². The van der Waals surface area contributed by atoms with E-state index in [-0.39, 0.29) is 18.4 Å². The first-order valence-corrected chi connectivity index (χ1v) is 10.9. The lowest BCUT2D eigenvalue weighted by Crippen LogP contribution is -2.19. The van der Waals surface area contributed by atoms with Crippen molar-refractivity contribution in [1.82, 2.24) is 20.1 Å². The Labute approximate surface area is 195 Å². The Balaban J connectivity index is 1.47. The van der Waals surface area contributed by atoms with Crippen LogP contribution in [-0.4, -0.2) is 37.7 Å². The first kappa shape index (κ1) is 21.5. The molecule has 1 atom stereocenters. The second-order valence-corrected chi connectivity index (χ2v) is 7.94. The van der Waals surface area contributed by atoms with Crippen LogP contribution in [-0.2, 0) is 11.2 Å². The van der Waals surface area contributed by atoms with Crippen molar-refractivity contribution in [2.45, 2.75) is 25.8 Å². The fourth-order valence-corrected chi connectivity index (χ4v) is 3.79. The normalized spacial score (nSPS) is 13.6. The van der Waals surface area contributed by atoms with Gasteiger partial charge in [0.25, 0.3) is 5.89 Å². The highest BCUT2D eigenvalue weighted by molar-refractivity contribution is 5.94. The maximum Gasteiger partial charge on any atom is 0.263 e. The second-order valence-electron chi connectivity index (χ2n) is 7.94. The van der Waals surface area contributed by atoms with Gasteiger partial charge in [0.15, 0.2) is 5.82 Å². The highest BCUT2D eigenvalue weighted by Gasteiger charge is 2.20. The standard InChI is InChI=1S/C24H23N7O3/c1-14-26-23(34-31-14)18-12-25-24(27-17-8-9-19-16(11-17)7-10-21(33)28-19)30-22(18)29-20(13-32)15-5-3-2-4-6-15/h2-6,8-9,11-12,20,32H,7,10,13H2,1H3,(H,28,33)(H2,25,27,29,30)/t20-/m1/s1. The number of anilines is 4. The molecule has 0 aliphatic carbocycles. The van der Waals surface area contributed by atoms with Crippen LogP contribution in [0.25, 0.3) is 11.5 Å². The van der Waals surface area contributed by atoms with Crippen molar-refractivity contribution in [2.75, 3.05) is 22.6 Å². The SMILES string of the molecule is Cc1noc(-c2cnc(Nc3ccc4c(c3)CCC(=O)N4)nc2N[C@H](CO)c2ccccc2)n1. The summed E-state index contributed by atoms with van der Waals surface area (Å²) in [6, 6.07) is 14.9.